The molecule has 14 heteroatoms. The third-order valence-corrected chi connectivity index (χ3v) is 5.65. The number of benzene rings is 1. The molecule has 210 valence electrons. The highest BCUT2D eigenvalue weighted by atomic mass is 35.5. The zero-order valence-corrected chi connectivity index (χ0v) is 22.2. The van der Waals surface area contributed by atoms with Crippen LogP contribution >= 0.6 is 11.6 Å². The molecule has 0 bridgehead atoms. The first-order valence-corrected chi connectivity index (χ1v) is 12.4. The minimum atomic E-state index is -1.57. The van der Waals surface area contributed by atoms with Crippen molar-refractivity contribution < 1.29 is 33.0 Å². The Labute approximate surface area is 231 Å². The molecule has 2 heterocycles. The molecule has 12 nitrogen and oxygen atoms in total. The van der Waals surface area contributed by atoms with Gasteiger partial charge in [-0.3, -0.25) is 14.4 Å². The number of ether oxygens (including phenoxy) is 2. The Morgan fingerprint density at radius 1 is 1.05 bits per heavy atom. The molecule has 0 radical (unpaired) electrons. The summed E-state index contributed by atoms with van der Waals surface area (Å²) in [5.74, 6) is -4.87. The SMILES string of the molecule is CCCCCCNC(=O)n1cc(F)c(=O)n(C(=O)c2cccc(C(=O)Oc3cc(OC(C)=O)c(Cl)cn3)c2)c1=O. The first-order chi connectivity index (χ1) is 19.0. The second-order valence-corrected chi connectivity index (χ2v) is 8.79. The van der Waals surface area contributed by atoms with E-state index in [4.69, 9.17) is 21.1 Å². The lowest BCUT2D eigenvalue weighted by Crippen LogP contribution is -2.49. The molecule has 0 saturated carbocycles. The number of rotatable bonds is 9. The minimum Gasteiger partial charge on any atom is -0.425 e. The van der Waals surface area contributed by atoms with E-state index in [1.54, 1.807) is 0 Å². The van der Waals surface area contributed by atoms with Crippen LogP contribution in [0.15, 0.2) is 52.3 Å². The Morgan fingerprint density at radius 3 is 2.48 bits per heavy atom. The van der Waals surface area contributed by atoms with Crippen LogP contribution < -0.4 is 26.0 Å². The van der Waals surface area contributed by atoms with Crippen LogP contribution in [0.5, 0.6) is 11.6 Å². The number of hydrogen-bond donors (Lipinski definition) is 1. The van der Waals surface area contributed by atoms with E-state index in [0.717, 1.165) is 44.5 Å². The zero-order valence-electron chi connectivity index (χ0n) is 21.4. The van der Waals surface area contributed by atoms with E-state index in [1.807, 2.05) is 6.92 Å². The van der Waals surface area contributed by atoms with Gasteiger partial charge in [-0.2, -0.15) is 8.96 Å². The first kappa shape index (κ1) is 29.9. The summed E-state index contributed by atoms with van der Waals surface area (Å²) < 4.78 is 24.7. The van der Waals surface area contributed by atoms with E-state index < -0.39 is 40.9 Å². The molecule has 0 fully saturated rings. The fourth-order valence-electron chi connectivity index (χ4n) is 3.44. The maximum atomic E-state index is 14.4. The van der Waals surface area contributed by atoms with Gasteiger partial charge in [-0.15, -0.1) is 0 Å². The minimum absolute atomic E-state index is 0.0149. The standard InChI is InChI=1S/C26H24ClFN4O8/c1-3-4-5-6-10-29-25(37)31-14-19(28)23(35)32(26(31)38)22(34)16-8-7-9-17(11-16)24(36)40-21-12-20(39-15(2)33)18(27)13-30-21/h7-9,11-14H,3-6,10H2,1-2H3,(H,29,37). The Morgan fingerprint density at radius 2 is 1.77 bits per heavy atom. The van der Waals surface area contributed by atoms with Crippen LogP contribution in [0.3, 0.4) is 0 Å². The van der Waals surface area contributed by atoms with Gasteiger partial charge < -0.3 is 14.8 Å². The molecular weight excluding hydrogens is 551 g/mol. The highest BCUT2D eigenvalue weighted by Gasteiger charge is 2.23. The number of pyridine rings is 1. The van der Waals surface area contributed by atoms with Gasteiger partial charge in [0.1, 0.15) is 5.02 Å². The second-order valence-electron chi connectivity index (χ2n) is 8.38. The van der Waals surface area contributed by atoms with E-state index in [9.17, 15) is 33.2 Å². The number of halogens is 2. The van der Waals surface area contributed by atoms with E-state index >= 15 is 0 Å². The summed E-state index contributed by atoms with van der Waals surface area (Å²) in [5, 5.41) is 2.43. The van der Waals surface area contributed by atoms with Crippen molar-refractivity contribution in [3.05, 3.63) is 85.5 Å². The quantitative estimate of drug-likeness (QED) is 0.299. The highest BCUT2D eigenvalue weighted by Crippen LogP contribution is 2.27. The number of esters is 2. The normalized spacial score (nSPS) is 10.6. The van der Waals surface area contributed by atoms with Crippen LogP contribution in [0.2, 0.25) is 5.02 Å². The third kappa shape index (κ3) is 7.26. The van der Waals surface area contributed by atoms with Crippen molar-refractivity contribution in [2.24, 2.45) is 0 Å². The number of amides is 1. The van der Waals surface area contributed by atoms with Gasteiger partial charge >= 0.3 is 23.7 Å². The molecule has 1 N–H and O–H groups in total. The number of nitrogens with zero attached hydrogens (tertiary/aromatic N) is 3. The molecule has 0 aliphatic carbocycles. The van der Waals surface area contributed by atoms with Gasteiger partial charge in [-0.05, 0) is 24.6 Å². The van der Waals surface area contributed by atoms with E-state index in [1.165, 1.54) is 18.2 Å². The number of aromatic nitrogens is 3. The monoisotopic (exact) mass is 574 g/mol. The predicted molar refractivity (Wildman–Crippen MR) is 140 cm³/mol. The second kappa shape index (κ2) is 13.4. The largest absolute Gasteiger partial charge is 0.425 e. The number of nitrogens with one attached hydrogen (secondary N) is 1. The van der Waals surface area contributed by atoms with Gasteiger partial charge in [0.05, 0.1) is 18.0 Å². The molecule has 0 atom stereocenters. The molecule has 0 spiro atoms. The van der Waals surface area contributed by atoms with Gasteiger partial charge in [0.2, 0.25) is 11.7 Å². The highest BCUT2D eigenvalue weighted by molar-refractivity contribution is 6.32. The van der Waals surface area contributed by atoms with Crippen LogP contribution in [-0.4, -0.2) is 44.5 Å². The molecule has 3 rings (SSSR count). The molecule has 1 aromatic carbocycles. The molecule has 0 saturated heterocycles. The number of carbonyl (C=O) groups is 4. The van der Waals surface area contributed by atoms with Crippen LogP contribution in [-0.2, 0) is 4.79 Å². The average Bonchev–Trinajstić information content (AvgIpc) is 2.92. The van der Waals surface area contributed by atoms with Gasteiger partial charge in [0.15, 0.2) is 5.75 Å². The fraction of sp³-hybridized carbons (Fsp3) is 0.269. The lowest BCUT2D eigenvalue weighted by molar-refractivity contribution is -0.131. The van der Waals surface area contributed by atoms with Gasteiger partial charge in [0, 0.05) is 25.1 Å². The van der Waals surface area contributed by atoms with Crippen molar-refractivity contribution in [3.8, 4) is 11.6 Å². The average molecular weight is 575 g/mol. The summed E-state index contributed by atoms with van der Waals surface area (Å²) in [4.78, 5) is 78.5. The molecule has 0 aliphatic rings. The molecule has 2 aromatic heterocycles. The number of carbonyl (C=O) groups excluding carboxylic acids is 4. The molecule has 0 unspecified atom stereocenters. The Balaban J connectivity index is 1.86. The first-order valence-electron chi connectivity index (χ1n) is 12.1. The van der Waals surface area contributed by atoms with Crippen molar-refractivity contribution in [2.45, 2.75) is 39.5 Å². The summed E-state index contributed by atoms with van der Waals surface area (Å²) in [6, 6.07) is 4.79. The Hall–Kier alpha value is -4.65. The zero-order chi connectivity index (χ0) is 29.4. The van der Waals surface area contributed by atoms with Crippen LogP contribution in [0.4, 0.5) is 9.18 Å². The summed E-state index contributed by atoms with van der Waals surface area (Å²) >= 11 is 5.89. The molecule has 40 heavy (non-hydrogen) atoms. The van der Waals surface area contributed by atoms with Crippen molar-refractivity contribution in [1.29, 1.82) is 0 Å². The summed E-state index contributed by atoms with van der Waals surface area (Å²) in [7, 11) is 0. The molecule has 3 aromatic rings. The van der Waals surface area contributed by atoms with Crippen LogP contribution in [0.25, 0.3) is 0 Å². The predicted octanol–water partition coefficient (Wildman–Crippen LogP) is 3.17. The van der Waals surface area contributed by atoms with E-state index in [-0.39, 0.29) is 38.9 Å². The van der Waals surface area contributed by atoms with Crippen molar-refractivity contribution in [2.75, 3.05) is 6.54 Å². The smallest absolute Gasteiger partial charge is 0.346 e. The molecule has 0 aliphatic heterocycles. The summed E-state index contributed by atoms with van der Waals surface area (Å²) in [6.07, 6.45) is 4.87. The summed E-state index contributed by atoms with van der Waals surface area (Å²) in [6.45, 7) is 3.36. The molecular formula is C26H24ClFN4O8. The van der Waals surface area contributed by atoms with Crippen molar-refractivity contribution >= 4 is 35.5 Å². The van der Waals surface area contributed by atoms with Crippen LogP contribution in [0.1, 0.15) is 60.2 Å². The lowest BCUT2D eigenvalue weighted by atomic mass is 10.1. The maximum absolute atomic E-state index is 14.4. The Kier molecular flexibility index (Phi) is 10.0. The topological polar surface area (TPSA) is 156 Å². The van der Waals surface area contributed by atoms with Crippen molar-refractivity contribution in [1.82, 2.24) is 19.4 Å². The third-order valence-electron chi connectivity index (χ3n) is 5.37. The van der Waals surface area contributed by atoms with Crippen LogP contribution in [0, 0.1) is 5.82 Å². The number of hydrogen-bond acceptors (Lipinski definition) is 9. The Bertz CT molecular complexity index is 1580. The van der Waals surface area contributed by atoms with Crippen molar-refractivity contribution in [3.63, 3.8) is 0 Å². The van der Waals surface area contributed by atoms with Gasteiger partial charge in [-0.25, -0.2) is 23.9 Å². The van der Waals surface area contributed by atoms with Gasteiger partial charge in [-0.1, -0.05) is 43.9 Å². The van der Waals surface area contributed by atoms with E-state index in [0.29, 0.717) is 17.2 Å². The maximum Gasteiger partial charge on any atom is 0.346 e. The van der Waals surface area contributed by atoms with E-state index in [2.05, 4.69) is 10.3 Å². The fourth-order valence-corrected chi connectivity index (χ4v) is 3.58. The molecule has 1 amide bonds. The van der Waals surface area contributed by atoms with Gasteiger partial charge in [0.25, 0.3) is 11.5 Å². The summed E-state index contributed by atoms with van der Waals surface area (Å²) in [5.41, 5.74) is -3.51. The number of unbranched alkanes of at least 4 members (excludes halogenated alkanes) is 3. The lowest BCUT2D eigenvalue weighted by Gasteiger charge is -2.11.